The molecule has 0 spiro atoms. The van der Waals surface area contributed by atoms with Gasteiger partial charge in [0.1, 0.15) is 0 Å². The van der Waals surface area contributed by atoms with Gasteiger partial charge in [-0.25, -0.2) is 0 Å². The molecule has 4 heteroatoms. The number of halogens is 1. The summed E-state index contributed by atoms with van der Waals surface area (Å²) in [5.41, 5.74) is 8.51. The highest BCUT2D eigenvalue weighted by Crippen LogP contribution is 2.25. The van der Waals surface area contributed by atoms with Crippen LogP contribution in [0.25, 0.3) is 0 Å². The molecule has 3 N–H and O–H groups in total. The summed E-state index contributed by atoms with van der Waals surface area (Å²) < 4.78 is 1.04. The van der Waals surface area contributed by atoms with E-state index in [1.165, 1.54) is 0 Å². The minimum atomic E-state index is 0.0838. The second-order valence-electron chi connectivity index (χ2n) is 4.56. The minimum absolute atomic E-state index is 0.0838. The van der Waals surface area contributed by atoms with E-state index in [1.807, 2.05) is 26.0 Å². The molecule has 1 amide bonds. The lowest BCUT2D eigenvalue weighted by Gasteiger charge is -2.12. The average molecular weight is 313 g/mol. The summed E-state index contributed by atoms with van der Waals surface area (Å²) in [5, 5.41) is 2.99. The van der Waals surface area contributed by atoms with Gasteiger partial charge in [0.2, 0.25) is 5.91 Å². The topological polar surface area (TPSA) is 55.1 Å². The molecule has 0 fully saturated rings. The number of hydrogen-bond acceptors (Lipinski definition) is 2. The van der Waals surface area contributed by atoms with E-state index in [4.69, 9.17) is 5.73 Å². The van der Waals surface area contributed by atoms with Crippen molar-refractivity contribution in [3.8, 4) is 0 Å². The van der Waals surface area contributed by atoms with Gasteiger partial charge in [-0.3, -0.25) is 4.79 Å². The normalized spacial score (nSPS) is 10.4. The molecule has 0 atom stereocenters. The molecule has 0 heterocycles. The quantitative estimate of drug-likeness (QED) is 0.790. The summed E-state index contributed by atoms with van der Waals surface area (Å²) in [6.45, 7) is 4.70. The molecule has 1 aromatic rings. The zero-order valence-electron chi connectivity index (χ0n) is 11.1. The average Bonchev–Trinajstić information content (AvgIpc) is 2.29. The van der Waals surface area contributed by atoms with Gasteiger partial charge in [0.15, 0.2) is 0 Å². The largest absolute Gasteiger partial charge is 0.330 e. The molecule has 1 aromatic carbocycles. The van der Waals surface area contributed by atoms with E-state index < -0.39 is 0 Å². The Bertz CT molecular complexity index is 395. The van der Waals surface area contributed by atoms with E-state index in [0.717, 1.165) is 40.5 Å². The standard InChI is InChI=1S/C14H21BrN2O/c1-10-8-12(15)9-11(2)14(10)17-13(18)6-4-3-5-7-16/h8-9H,3-7,16H2,1-2H3,(H,17,18). The Morgan fingerprint density at radius 3 is 2.39 bits per heavy atom. The molecule has 0 saturated carbocycles. The van der Waals surface area contributed by atoms with Crippen LogP contribution >= 0.6 is 15.9 Å². The molecule has 100 valence electrons. The van der Waals surface area contributed by atoms with Crippen LogP contribution in [0.5, 0.6) is 0 Å². The van der Waals surface area contributed by atoms with Gasteiger partial charge in [-0.05, 0) is 56.5 Å². The van der Waals surface area contributed by atoms with Gasteiger partial charge < -0.3 is 11.1 Å². The number of aryl methyl sites for hydroxylation is 2. The number of hydrogen-bond donors (Lipinski definition) is 2. The maximum absolute atomic E-state index is 11.8. The summed E-state index contributed by atoms with van der Waals surface area (Å²) in [7, 11) is 0. The van der Waals surface area contributed by atoms with Crippen LogP contribution in [-0.4, -0.2) is 12.5 Å². The van der Waals surface area contributed by atoms with Gasteiger partial charge in [0, 0.05) is 16.6 Å². The molecule has 0 unspecified atom stereocenters. The number of carbonyl (C=O) groups excluding carboxylic acids is 1. The first kappa shape index (κ1) is 15.2. The lowest BCUT2D eigenvalue weighted by molar-refractivity contribution is -0.116. The highest BCUT2D eigenvalue weighted by Gasteiger charge is 2.08. The Balaban J connectivity index is 2.54. The van der Waals surface area contributed by atoms with Crippen molar-refractivity contribution >= 4 is 27.5 Å². The lowest BCUT2D eigenvalue weighted by atomic mass is 10.1. The molecular weight excluding hydrogens is 292 g/mol. The number of benzene rings is 1. The van der Waals surface area contributed by atoms with E-state index in [1.54, 1.807) is 0 Å². The van der Waals surface area contributed by atoms with Crippen LogP contribution in [0.2, 0.25) is 0 Å². The third kappa shape index (κ3) is 4.78. The number of unbranched alkanes of at least 4 members (excludes halogenated alkanes) is 2. The predicted octanol–water partition coefficient (Wildman–Crippen LogP) is 3.52. The van der Waals surface area contributed by atoms with Crippen LogP contribution in [0.4, 0.5) is 5.69 Å². The minimum Gasteiger partial charge on any atom is -0.330 e. The van der Waals surface area contributed by atoms with Crippen LogP contribution in [-0.2, 0) is 4.79 Å². The van der Waals surface area contributed by atoms with Crippen LogP contribution in [0.1, 0.15) is 36.8 Å². The van der Waals surface area contributed by atoms with Crippen molar-refractivity contribution in [2.45, 2.75) is 39.5 Å². The second kappa shape index (κ2) is 7.54. The molecule has 0 aliphatic carbocycles. The summed E-state index contributed by atoms with van der Waals surface area (Å²) in [5.74, 6) is 0.0838. The molecule has 0 saturated heterocycles. The van der Waals surface area contributed by atoms with Crippen molar-refractivity contribution < 1.29 is 4.79 Å². The monoisotopic (exact) mass is 312 g/mol. The molecule has 3 nitrogen and oxygen atoms in total. The fraction of sp³-hybridized carbons (Fsp3) is 0.500. The Morgan fingerprint density at radius 1 is 1.22 bits per heavy atom. The fourth-order valence-electron chi connectivity index (χ4n) is 1.92. The molecule has 0 aliphatic heterocycles. The van der Waals surface area contributed by atoms with E-state index in [-0.39, 0.29) is 5.91 Å². The molecule has 1 rings (SSSR count). The van der Waals surface area contributed by atoms with Gasteiger partial charge in [-0.15, -0.1) is 0 Å². The first-order chi connectivity index (χ1) is 8.54. The van der Waals surface area contributed by atoms with E-state index in [2.05, 4.69) is 21.2 Å². The molecule has 0 aromatic heterocycles. The molecular formula is C14H21BrN2O. The van der Waals surface area contributed by atoms with Crippen molar-refractivity contribution in [2.75, 3.05) is 11.9 Å². The summed E-state index contributed by atoms with van der Waals surface area (Å²) in [4.78, 5) is 11.8. The molecule has 0 aliphatic rings. The number of amides is 1. The van der Waals surface area contributed by atoms with Gasteiger partial charge >= 0.3 is 0 Å². The number of nitrogens with one attached hydrogen (secondary N) is 1. The van der Waals surface area contributed by atoms with Crippen LogP contribution in [0.15, 0.2) is 16.6 Å². The highest BCUT2D eigenvalue weighted by atomic mass is 79.9. The smallest absolute Gasteiger partial charge is 0.224 e. The summed E-state index contributed by atoms with van der Waals surface area (Å²) in [6.07, 6.45) is 3.47. The van der Waals surface area contributed by atoms with Crippen LogP contribution in [0.3, 0.4) is 0 Å². The number of nitrogens with two attached hydrogens (primary N) is 1. The van der Waals surface area contributed by atoms with E-state index >= 15 is 0 Å². The molecule has 0 radical (unpaired) electrons. The number of anilines is 1. The third-order valence-corrected chi connectivity index (χ3v) is 3.33. The van der Waals surface area contributed by atoms with Crippen LogP contribution in [0, 0.1) is 13.8 Å². The third-order valence-electron chi connectivity index (χ3n) is 2.87. The number of rotatable bonds is 6. The van der Waals surface area contributed by atoms with Gasteiger partial charge in [-0.2, -0.15) is 0 Å². The van der Waals surface area contributed by atoms with Gasteiger partial charge in [0.05, 0.1) is 0 Å². The Morgan fingerprint density at radius 2 is 1.83 bits per heavy atom. The van der Waals surface area contributed by atoms with Crippen molar-refractivity contribution in [2.24, 2.45) is 5.73 Å². The number of carbonyl (C=O) groups is 1. The van der Waals surface area contributed by atoms with Crippen molar-refractivity contribution in [3.63, 3.8) is 0 Å². The SMILES string of the molecule is Cc1cc(Br)cc(C)c1NC(=O)CCCCCN. The first-order valence-electron chi connectivity index (χ1n) is 6.31. The lowest BCUT2D eigenvalue weighted by Crippen LogP contribution is -2.13. The Kier molecular flexibility index (Phi) is 6.36. The Labute approximate surface area is 117 Å². The molecule has 0 bridgehead atoms. The fourth-order valence-corrected chi connectivity index (χ4v) is 2.60. The van der Waals surface area contributed by atoms with Gasteiger partial charge in [-0.1, -0.05) is 22.4 Å². The van der Waals surface area contributed by atoms with Crippen molar-refractivity contribution in [1.29, 1.82) is 0 Å². The Hall–Kier alpha value is -0.870. The zero-order valence-corrected chi connectivity index (χ0v) is 12.6. The van der Waals surface area contributed by atoms with E-state index in [0.29, 0.717) is 13.0 Å². The maximum atomic E-state index is 11.8. The van der Waals surface area contributed by atoms with Crippen molar-refractivity contribution in [3.05, 3.63) is 27.7 Å². The highest BCUT2D eigenvalue weighted by molar-refractivity contribution is 9.10. The first-order valence-corrected chi connectivity index (χ1v) is 7.10. The molecule has 18 heavy (non-hydrogen) atoms. The zero-order chi connectivity index (χ0) is 13.5. The van der Waals surface area contributed by atoms with Crippen LogP contribution < -0.4 is 11.1 Å². The second-order valence-corrected chi connectivity index (χ2v) is 5.48. The van der Waals surface area contributed by atoms with E-state index in [9.17, 15) is 4.79 Å². The van der Waals surface area contributed by atoms with Crippen molar-refractivity contribution in [1.82, 2.24) is 0 Å². The summed E-state index contributed by atoms with van der Waals surface area (Å²) >= 11 is 3.45. The predicted molar refractivity (Wildman–Crippen MR) is 79.8 cm³/mol. The van der Waals surface area contributed by atoms with Gasteiger partial charge in [0.25, 0.3) is 0 Å². The summed E-state index contributed by atoms with van der Waals surface area (Å²) in [6, 6.07) is 4.02. The maximum Gasteiger partial charge on any atom is 0.224 e.